The Morgan fingerprint density at radius 3 is 2.79 bits per heavy atom. The average Bonchev–Trinajstić information content (AvgIpc) is 3.15. The second-order valence-corrected chi connectivity index (χ2v) is 8.04. The largest absolute Gasteiger partial charge is 0.454 e. The molecule has 6 heteroatoms. The van der Waals surface area contributed by atoms with Gasteiger partial charge in [0.2, 0.25) is 6.79 Å². The van der Waals surface area contributed by atoms with Gasteiger partial charge in [-0.25, -0.2) is 0 Å². The number of rotatable bonds is 4. The molecule has 0 radical (unpaired) electrons. The molecule has 0 unspecified atom stereocenters. The average molecular weight is 382 g/mol. The summed E-state index contributed by atoms with van der Waals surface area (Å²) in [6.07, 6.45) is 4.58. The smallest absolute Gasteiger partial charge is 0.254 e. The molecule has 2 aliphatic heterocycles. The lowest BCUT2D eigenvalue weighted by atomic mass is 9.76. The molecule has 28 heavy (non-hydrogen) atoms. The molecule has 2 aromatic rings. The van der Waals surface area contributed by atoms with E-state index in [1.165, 1.54) is 11.6 Å². The van der Waals surface area contributed by atoms with Crippen LogP contribution in [0.1, 0.15) is 42.6 Å². The first kappa shape index (κ1) is 18.6. The fourth-order valence-electron chi connectivity index (χ4n) is 4.26. The summed E-state index contributed by atoms with van der Waals surface area (Å²) >= 11 is 0. The lowest BCUT2D eigenvalue weighted by molar-refractivity contribution is 0.0550. The number of piperidine rings is 1. The minimum Gasteiger partial charge on any atom is -0.454 e. The van der Waals surface area contributed by atoms with Crippen LogP contribution in [0.15, 0.2) is 41.3 Å². The maximum atomic E-state index is 13.0. The van der Waals surface area contributed by atoms with Gasteiger partial charge >= 0.3 is 0 Å². The Bertz CT molecular complexity index is 952. The van der Waals surface area contributed by atoms with Gasteiger partial charge in [-0.1, -0.05) is 13.0 Å². The minimum atomic E-state index is -0.131. The summed E-state index contributed by atoms with van der Waals surface area (Å²) in [6.45, 7) is 6.42. The predicted octanol–water partition coefficient (Wildman–Crippen LogP) is 3.08. The van der Waals surface area contributed by atoms with Crippen LogP contribution < -0.4 is 15.0 Å². The number of fused-ring (bicyclic) bond motifs is 1. The number of amides is 1. The van der Waals surface area contributed by atoms with Crippen LogP contribution in [0.2, 0.25) is 0 Å². The number of hydrogen-bond donors (Lipinski definition) is 0. The fraction of sp³-hybridized carbons (Fsp3) is 0.455. The van der Waals surface area contributed by atoms with E-state index < -0.39 is 0 Å². The lowest BCUT2D eigenvalue weighted by Gasteiger charge is -2.40. The number of pyridine rings is 1. The second kappa shape index (κ2) is 7.34. The van der Waals surface area contributed by atoms with Crippen molar-refractivity contribution < 1.29 is 14.3 Å². The van der Waals surface area contributed by atoms with Crippen LogP contribution in [0.5, 0.6) is 11.5 Å². The minimum absolute atomic E-state index is 0.0139. The molecule has 0 N–H and O–H groups in total. The molecule has 0 spiro atoms. The van der Waals surface area contributed by atoms with Gasteiger partial charge in [-0.05, 0) is 55.4 Å². The van der Waals surface area contributed by atoms with Crippen LogP contribution in [-0.4, -0.2) is 35.3 Å². The molecule has 148 valence electrons. The van der Waals surface area contributed by atoms with Crippen LogP contribution in [0.25, 0.3) is 0 Å². The third-order valence-corrected chi connectivity index (χ3v) is 5.72. The van der Waals surface area contributed by atoms with Crippen molar-refractivity contribution in [2.45, 2.75) is 39.7 Å². The number of benzene rings is 1. The highest BCUT2D eigenvalue weighted by Gasteiger charge is 2.34. The summed E-state index contributed by atoms with van der Waals surface area (Å²) in [6, 6.07) is 9.27. The van der Waals surface area contributed by atoms with Crippen LogP contribution in [0.3, 0.4) is 0 Å². The standard InChI is InChI=1S/C22H26N2O4/c1-3-23-10-7-17(12-20(23)25)21(26)24-9-4-8-22(2,14-24)13-16-5-6-18-19(11-16)28-15-27-18/h5-7,10-12H,3-4,8-9,13-15H2,1-2H3/t22-/m0/s1. The summed E-state index contributed by atoms with van der Waals surface area (Å²) in [4.78, 5) is 27.0. The second-order valence-electron chi connectivity index (χ2n) is 8.04. The van der Waals surface area contributed by atoms with E-state index in [-0.39, 0.29) is 23.7 Å². The zero-order chi connectivity index (χ0) is 19.7. The third-order valence-electron chi connectivity index (χ3n) is 5.72. The van der Waals surface area contributed by atoms with Crippen LogP contribution in [0, 0.1) is 5.41 Å². The molecule has 0 aliphatic carbocycles. The molecule has 1 aromatic carbocycles. The monoisotopic (exact) mass is 382 g/mol. The summed E-state index contributed by atoms with van der Waals surface area (Å²) in [7, 11) is 0. The van der Waals surface area contributed by atoms with Crippen molar-refractivity contribution in [2.75, 3.05) is 19.9 Å². The van der Waals surface area contributed by atoms with Crippen molar-refractivity contribution >= 4 is 5.91 Å². The molecular weight excluding hydrogens is 356 g/mol. The number of carbonyl (C=O) groups excluding carboxylic acids is 1. The van der Waals surface area contributed by atoms with Gasteiger partial charge in [-0.2, -0.15) is 0 Å². The van der Waals surface area contributed by atoms with E-state index in [4.69, 9.17) is 9.47 Å². The molecule has 3 heterocycles. The Kier molecular flexibility index (Phi) is 4.87. The van der Waals surface area contributed by atoms with Gasteiger partial charge < -0.3 is 18.9 Å². The van der Waals surface area contributed by atoms with Gasteiger partial charge in [0.25, 0.3) is 11.5 Å². The number of nitrogens with zero attached hydrogens (tertiary/aromatic N) is 2. The number of aryl methyl sites for hydroxylation is 1. The van der Waals surface area contributed by atoms with Gasteiger partial charge in [0.1, 0.15) is 0 Å². The van der Waals surface area contributed by atoms with E-state index in [1.807, 2.05) is 24.0 Å². The van der Waals surface area contributed by atoms with Crippen LogP contribution in [-0.2, 0) is 13.0 Å². The highest BCUT2D eigenvalue weighted by molar-refractivity contribution is 5.94. The van der Waals surface area contributed by atoms with Crippen molar-refractivity contribution in [2.24, 2.45) is 5.41 Å². The number of carbonyl (C=O) groups is 1. The zero-order valence-electron chi connectivity index (χ0n) is 16.4. The molecule has 6 nitrogen and oxygen atoms in total. The van der Waals surface area contributed by atoms with Crippen LogP contribution >= 0.6 is 0 Å². The first-order chi connectivity index (χ1) is 13.5. The topological polar surface area (TPSA) is 60.8 Å². The van der Waals surface area contributed by atoms with E-state index >= 15 is 0 Å². The fourth-order valence-corrected chi connectivity index (χ4v) is 4.26. The Balaban J connectivity index is 1.49. The van der Waals surface area contributed by atoms with E-state index in [2.05, 4.69) is 13.0 Å². The number of hydrogen-bond acceptors (Lipinski definition) is 4. The molecule has 1 amide bonds. The molecule has 1 atom stereocenters. The van der Waals surface area contributed by atoms with Crippen molar-refractivity contribution in [3.8, 4) is 11.5 Å². The first-order valence-corrected chi connectivity index (χ1v) is 9.86. The highest BCUT2D eigenvalue weighted by atomic mass is 16.7. The lowest BCUT2D eigenvalue weighted by Crippen LogP contribution is -2.46. The maximum absolute atomic E-state index is 13.0. The predicted molar refractivity (Wildman–Crippen MR) is 106 cm³/mol. The summed E-state index contributed by atoms with van der Waals surface area (Å²) < 4.78 is 12.5. The summed E-state index contributed by atoms with van der Waals surface area (Å²) in [5, 5.41) is 0. The van der Waals surface area contributed by atoms with Gasteiger partial charge in [-0.3, -0.25) is 9.59 Å². The van der Waals surface area contributed by atoms with Crippen molar-refractivity contribution in [3.63, 3.8) is 0 Å². The first-order valence-electron chi connectivity index (χ1n) is 9.86. The van der Waals surface area contributed by atoms with E-state index in [1.54, 1.807) is 16.8 Å². The van der Waals surface area contributed by atoms with Crippen LogP contribution in [0.4, 0.5) is 0 Å². The van der Waals surface area contributed by atoms with Crippen molar-refractivity contribution in [3.05, 3.63) is 58.0 Å². The molecule has 2 aliphatic rings. The maximum Gasteiger partial charge on any atom is 0.254 e. The van der Waals surface area contributed by atoms with E-state index in [9.17, 15) is 9.59 Å². The Morgan fingerprint density at radius 2 is 2.00 bits per heavy atom. The highest BCUT2D eigenvalue weighted by Crippen LogP contribution is 2.37. The third kappa shape index (κ3) is 3.63. The van der Waals surface area contributed by atoms with Gasteiger partial charge in [0.15, 0.2) is 11.5 Å². The Morgan fingerprint density at radius 1 is 1.18 bits per heavy atom. The van der Waals surface area contributed by atoms with Crippen molar-refractivity contribution in [1.82, 2.24) is 9.47 Å². The number of likely N-dealkylation sites (tertiary alicyclic amines) is 1. The van der Waals surface area contributed by atoms with Gasteiger partial charge in [-0.15, -0.1) is 0 Å². The Hall–Kier alpha value is -2.76. The SMILES string of the molecule is CCn1ccc(C(=O)N2CCC[C@@](C)(Cc3ccc4c(c3)OCO4)C2)cc1=O. The van der Waals surface area contributed by atoms with E-state index in [0.29, 0.717) is 18.7 Å². The van der Waals surface area contributed by atoms with Gasteiger partial charge in [0, 0.05) is 37.5 Å². The zero-order valence-corrected chi connectivity index (χ0v) is 16.4. The molecule has 1 fully saturated rings. The molecule has 0 bridgehead atoms. The summed E-state index contributed by atoms with van der Waals surface area (Å²) in [5.74, 6) is 1.52. The normalized spacial score (nSPS) is 21.0. The van der Waals surface area contributed by atoms with Gasteiger partial charge in [0.05, 0.1) is 0 Å². The molecule has 0 saturated carbocycles. The number of aromatic nitrogens is 1. The van der Waals surface area contributed by atoms with Crippen molar-refractivity contribution in [1.29, 1.82) is 0 Å². The van der Waals surface area contributed by atoms with E-state index in [0.717, 1.165) is 37.3 Å². The quantitative estimate of drug-likeness (QED) is 0.815. The Labute approximate surface area is 164 Å². The molecule has 1 aromatic heterocycles. The molecule has 4 rings (SSSR count). The summed E-state index contributed by atoms with van der Waals surface area (Å²) in [5.41, 5.74) is 1.52. The molecular formula is C22H26N2O4. The molecule has 1 saturated heterocycles. The number of ether oxygens (including phenoxy) is 2.